The van der Waals surface area contributed by atoms with Crippen molar-refractivity contribution in [1.82, 2.24) is 0 Å². The van der Waals surface area contributed by atoms with Crippen LogP contribution in [0.3, 0.4) is 0 Å². The zero-order valence-electron chi connectivity index (χ0n) is 10.7. The molecule has 0 aromatic rings. The summed E-state index contributed by atoms with van der Waals surface area (Å²) >= 11 is 0. The van der Waals surface area contributed by atoms with Crippen LogP contribution in [-0.2, 0) is 0 Å². The Labute approximate surface area is 117 Å². The minimum Gasteiger partial charge on any atom is -0.210 e. The Morgan fingerprint density at radius 3 is 1.68 bits per heavy atom. The maximum absolute atomic E-state index is 13.8. The van der Waals surface area contributed by atoms with Gasteiger partial charge in [0.1, 0.15) is 0 Å². The predicted octanol–water partition coefficient (Wildman–Crippen LogP) is 5.30. The second-order valence-electron chi connectivity index (χ2n) is 4.75. The van der Waals surface area contributed by atoms with Gasteiger partial charge in [-0.05, 0) is 6.42 Å². The van der Waals surface area contributed by atoms with Crippen molar-refractivity contribution in [3.8, 4) is 0 Å². The van der Waals surface area contributed by atoms with E-state index in [9.17, 15) is 48.3 Å². The summed E-state index contributed by atoms with van der Waals surface area (Å²) in [6, 6.07) is 0. The molecule has 0 nitrogen and oxygen atoms in total. The summed E-state index contributed by atoms with van der Waals surface area (Å²) in [6.45, 7) is 1.06. The summed E-state index contributed by atoms with van der Waals surface area (Å²) in [5.41, 5.74) is -5.71. The molecule has 130 valence electrons. The van der Waals surface area contributed by atoms with Crippen LogP contribution in [0.25, 0.3) is 0 Å². The molecule has 2 atom stereocenters. The van der Waals surface area contributed by atoms with E-state index in [1.165, 1.54) is 0 Å². The molecule has 0 aromatic carbocycles. The first kappa shape index (κ1) is 19.0. The molecule has 22 heavy (non-hydrogen) atoms. The van der Waals surface area contributed by atoms with Gasteiger partial charge in [-0.25, -0.2) is 17.6 Å². The van der Waals surface area contributed by atoms with Gasteiger partial charge < -0.3 is 0 Å². The third-order valence-electron chi connectivity index (χ3n) is 3.52. The minimum atomic E-state index is -6.58. The summed E-state index contributed by atoms with van der Waals surface area (Å²) in [4.78, 5) is 0. The monoisotopic (exact) mass is 350 g/mol. The molecule has 0 N–H and O–H groups in total. The molecule has 1 aliphatic rings. The molecule has 2 unspecified atom stereocenters. The van der Waals surface area contributed by atoms with Gasteiger partial charge >= 0.3 is 18.0 Å². The normalized spacial score (nSPS) is 33.8. The highest BCUT2D eigenvalue weighted by Crippen LogP contribution is 2.74. The second-order valence-corrected chi connectivity index (χ2v) is 4.75. The molecule has 0 spiro atoms. The van der Waals surface area contributed by atoms with Crippen molar-refractivity contribution < 1.29 is 48.3 Å². The van der Waals surface area contributed by atoms with Gasteiger partial charge in [0.25, 0.3) is 12.3 Å². The zero-order chi connectivity index (χ0) is 17.8. The van der Waals surface area contributed by atoms with E-state index in [-0.39, 0.29) is 6.08 Å². The van der Waals surface area contributed by atoms with Crippen LogP contribution in [0.1, 0.15) is 13.3 Å². The van der Waals surface area contributed by atoms with Crippen molar-refractivity contribution >= 4 is 0 Å². The lowest BCUT2D eigenvalue weighted by Crippen LogP contribution is -2.59. The van der Waals surface area contributed by atoms with Gasteiger partial charge in [0, 0.05) is 0 Å². The molecule has 1 fully saturated rings. The Hall–Kier alpha value is -1.03. The van der Waals surface area contributed by atoms with Crippen LogP contribution in [0, 0.1) is 11.3 Å². The van der Waals surface area contributed by atoms with Crippen LogP contribution in [0.2, 0.25) is 0 Å². The maximum Gasteiger partial charge on any atom is 0.409 e. The average Bonchev–Trinajstić information content (AvgIpc) is 2.33. The highest BCUT2D eigenvalue weighted by atomic mass is 19.4. The van der Waals surface area contributed by atoms with Crippen LogP contribution in [0.5, 0.6) is 0 Å². The fraction of sp³-hybridized carbons (Fsp3) is 0.818. The Morgan fingerprint density at radius 1 is 0.955 bits per heavy atom. The van der Waals surface area contributed by atoms with Crippen LogP contribution in [0.4, 0.5) is 48.3 Å². The third kappa shape index (κ3) is 1.96. The van der Waals surface area contributed by atoms with E-state index in [1.54, 1.807) is 0 Å². The average molecular weight is 350 g/mol. The molecule has 11 heteroatoms. The highest BCUT2D eigenvalue weighted by Gasteiger charge is 2.97. The summed E-state index contributed by atoms with van der Waals surface area (Å²) in [5, 5.41) is 0. The number of hydrogen-bond acceptors (Lipinski definition) is 0. The predicted molar refractivity (Wildman–Crippen MR) is 52.3 cm³/mol. The first-order chi connectivity index (χ1) is 9.63. The van der Waals surface area contributed by atoms with Gasteiger partial charge in [-0.3, -0.25) is 0 Å². The van der Waals surface area contributed by atoms with Crippen LogP contribution in [-0.4, -0.2) is 30.4 Å². The molecule has 1 saturated carbocycles. The zero-order valence-corrected chi connectivity index (χ0v) is 10.7. The molecule has 1 aliphatic carbocycles. The molecule has 0 aliphatic heterocycles. The van der Waals surface area contributed by atoms with Crippen molar-refractivity contribution in [1.29, 1.82) is 0 Å². The van der Waals surface area contributed by atoms with E-state index in [0.29, 0.717) is 0 Å². The molecule has 0 amide bonds. The van der Waals surface area contributed by atoms with Gasteiger partial charge in [0.15, 0.2) is 5.92 Å². The second kappa shape index (κ2) is 4.98. The maximum atomic E-state index is 13.8. The van der Waals surface area contributed by atoms with Gasteiger partial charge in [-0.2, -0.15) is 30.7 Å². The third-order valence-corrected chi connectivity index (χ3v) is 3.52. The van der Waals surface area contributed by atoms with Gasteiger partial charge in [-0.1, -0.05) is 19.1 Å². The topological polar surface area (TPSA) is 0 Å². The number of allylic oxidation sites excluding steroid dienone is 2. The number of hydrogen-bond donors (Lipinski definition) is 0. The Bertz CT molecular complexity index is 447. The Morgan fingerprint density at radius 2 is 1.41 bits per heavy atom. The molecule has 0 aromatic heterocycles. The molecule has 1 rings (SSSR count). The smallest absolute Gasteiger partial charge is 0.210 e. The van der Waals surface area contributed by atoms with Crippen LogP contribution < -0.4 is 0 Å². The van der Waals surface area contributed by atoms with Crippen molar-refractivity contribution in [3.05, 3.63) is 12.2 Å². The van der Waals surface area contributed by atoms with E-state index in [0.717, 1.165) is 6.92 Å². The summed E-state index contributed by atoms with van der Waals surface area (Å²) < 4.78 is 145. The molecule has 0 radical (unpaired) electrons. The Kier molecular flexibility index (Phi) is 4.31. The lowest BCUT2D eigenvalue weighted by molar-refractivity contribution is -0.338. The van der Waals surface area contributed by atoms with Gasteiger partial charge in [0.2, 0.25) is 5.41 Å². The van der Waals surface area contributed by atoms with Crippen molar-refractivity contribution in [2.75, 3.05) is 0 Å². The first-order valence-electron chi connectivity index (χ1n) is 5.79. The lowest BCUT2D eigenvalue weighted by Gasteiger charge is -2.38. The van der Waals surface area contributed by atoms with E-state index >= 15 is 0 Å². The van der Waals surface area contributed by atoms with Crippen LogP contribution >= 0.6 is 0 Å². The first-order valence-corrected chi connectivity index (χ1v) is 5.79. The fourth-order valence-electron chi connectivity index (χ4n) is 2.43. The standard InChI is InChI=1S/C11H9F11/c1-2-3-4-7(11(20,21)22)8(14,15)5(6(12)13)9(16,17)10(7,18)19/h3-6H,2H2,1H3/b4-3+. The van der Waals surface area contributed by atoms with Crippen molar-refractivity contribution in [3.63, 3.8) is 0 Å². The van der Waals surface area contributed by atoms with Gasteiger partial charge in [-0.15, -0.1) is 0 Å². The number of rotatable bonds is 3. The van der Waals surface area contributed by atoms with Crippen molar-refractivity contribution in [2.45, 2.75) is 43.7 Å². The van der Waals surface area contributed by atoms with E-state index in [2.05, 4.69) is 0 Å². The fourth-order valence-corrected chi connectivity index (χ4v) is 2.43. The molecular weight excluding hydrogens is 341 g/mol. The Balaban J connectivity index is 3.85. The lowest BCUT2D eigenvalue weighted by atomic mass is 9.77. The molecule has 0 heterocycles. The van der Waals surface area contributed by atoms with E-state index < -0.39 is 54.2 Å². The van der Waals surface area contributed by atoms with E-state index in [1.807, 2.05) is 0 Å². The number of alkyl halides is 11. The summed E-state index contributed by atoms with van der Waals surface area (Å²) in [6.07, 6.45) is -12.5. The molecular formula is C11H9F11. The summed E-state index contributed by atoms with van der Waals surface area (Å²) in [7, 11) is 0. The SMILES string of the molecule is CC/C=C/C1(C(F)(F)F)C(F)(F)C(C(F)F)C(F)(F)C1(F)F. The highest BCUT2D eigenvalue weighted by molar-refractivity contribution is 5.30. The van der Waals surface area contributed by atoms with Crippen molar-refractivity contribution in [2.24, 2.45) is 11.3 Å². The summed E-state index contributed by atoms with van der Waals surface area (Å²) in [5.74, 6) is -23.6. The van der Waals surface area contributed by atoms with E-state index in [4.69, 9.17) is 0 Å². The molecule has 0 bridgehead atoms. The van der Waals surface area contributed by atoms with Crippen LogP contribution in [0.15, 0.2) is 12.2 Å². The largest absolute Gasteiger partial charge is 0.409 e. The number of halogens is 11. The minimum absolute atomic E-state index is 0.166. The van der Waals surface area contributed by atoms with Gasteiger partial charge in [0.05, 0.1) is 0 Å². The quantitative estimate of drug-likeness (QED) is 0.479. The molecule has 0 saturated heterocycles.